The second-order valence-corrected chi connectivity index (χ2v) is 9.96. The maximum absolute atomic E-state index is 9.52. The molecule has 8 nitrogen and oxygen atoms in total. The Balaban J connectivity index is 1.49. The van der Waals surface area contributed by atoms with Gasteiger partial charge in [0.2, 0.25) is 0 Å². The molecule has 1 N–H and O–H groups in total. The molecule has 0 bridgehead atoms. The molecule has 2 aliphatic heterocycles. The van der Waals surface area contributed by atoms with Crippen molar-refractivity contribution in [1.29, 1.82) is 0 Å². The Morgan fingerprint density at radius 1 is 1.17 bits per heavy atom. The highest BCUT2D eigenvalue weighted by Gasteiger charge is 2.38. The molecule has 2 fully saturated rings. The van der Waals surface area contributed by atoms with Gasteiger partial charge in [0.05, 0.1) is 32.6 Å². The average molecular weight is 416 g/mol. The molecular weight excluding hydrogens is 382 g/mol. The van der Waals surface area contributed by atoms with Crippen LogP contribution in [-0.4, -0.2) is 73.4 Å². The molecule has 30 heavy (non-hydrogen) atoms. The number of aromatic nitrogens is 3. The zero-order chi connectivity index (χ0) is 21.5. The van der Waals surface area contributed by atoms with Crippen molar-refractivity contribution in [3.8, 4) is 11.3 Å². The van der Waals surface area contributed by atoms with Gasteiger partial charge in [0.15, 0.2) is 6.29 Å². The zero-order valence-corrected chi connectivity index (χ0v) is 18.6. The summed E-state index contributed by atoms with van der Waals surface area (Å²) in [5, 5.41) is 18.2. The number of hydrogen-bond donors (Lipinski definition) is 1. The van der Waals surface area contributed by atoms with Gasteiger partial charge < -0.3 is 24.4 Å². The van der Waals surface area contributed by atoms with Crippen LogP contribution >= 0.6 is 0 Å². The molecule has 2 aromatic rings. The van der Waals surface area contributed by atoms with Gasteiger partial charge in [-0.15, -0.1) is 5.10 Å². The van der Waals surface area contributed by atoms with Crippen LogP contribution < -0.4 is 9.80 Å². The Kier molecular flexibility index (Phi) is 5.50. The Labute approximate surface area is 178 Å². The molecular formula is C22H33N5O3. The third-order valence-corrected chi connectivity index (χ3v) is 5.83. The highest BCUT2D eigenvalue weighted by atomic mass is 16.7. The van der Waals surface area contributed by atoms with Crippen molar-refractivity contribution in [2.24, 2.45) is 10.8 Å². The van der Waals surface area contributed by atoms with Gasteiger partial charge in [-0.05, 0) is 18.2 Å². The summed E-state index contributed by atoms with van der Waals surface area (Å²) in [6.07, 6.45) is 1.65. The monoisotopic (exact) mass is 415 g/mol. The molecule has 8 heteroatoms. The number of benzene rings is 1. The highest BCUT2D eigenvalue weighted by molar-refractivity contribution is 5.79. The summed E-state index contributed by atoms with van der Waals surface area (Å²) >= 11 is 0. The van der Waals surface area contributed by atoms with Crippen LogP contribution in [-0.2, 0) is 16.0 Å². The first kappa shape index (κ1) is 21.1. The molecule has 2 aliphatic rings. The van der Waals surface area contributed by atoms with Crippen LogP contribution in [0.1, 0.15) is 20.8 Å². The lowest BCUT2D eigenvalue weighted by molar-refractivity contribution is -0.227. The van der Waals surface area contributed by atoms with E-state index in [0.29, 0.717) is 19.8 Å². The van der Waals surface area contributed by atoms with E-state index in [-0.39, 0.29) is 23.7 Å². The van der Waals surface area contributed by atoms with E-state index in [0.717, 1.165) is 35.7 Å². The Morgan fingerprint density at radius 2 is 1.87 bits per heavy atom. The summed E-state index contributed by atoms with van der Waals surface area (Å²) in [7, 11) is 4.07. The number of rotatable bonds is 6. The fourth-order valence-corrected chi connectivity index (χ4v) is 3.96. The molecule has 164 valence electrons. The van der Waals surface area contributed by atoms with E-state index in [1.165, 1.54) is 0 Å². The first-order valence-corrected chi connectivity index (χ1v) is 10.5. The van der Waals surface area contributed by atoms with Crippen LogP contribution in [0.4, 0.5) is 11.4 Å². The lowest BCUT2D eigenvalue weighted by Gasteiger charge is -2.48. The quantitative estimate of drug-likeness (QED) is 0.775. The first-order valence-electron chi connectivity index (χ1n) is 10.5. The van der Waals surface area contributed by atoms with Crippen molar-refractivity contribution in [1.82, 2.24) is 15.0 Å². The predicted molar refractivity (Wildman–Crippen MR) is 117 cm³/mol. The van der Waals surface area contributed by atoms with Gasteiger partial charge in [-0.1, -0.05) is 26.0 Å². The molecule has 3 heterocycles. The van der Waals surface area contributed by atoms with E-state index < -0.39 is 0 Å². The molecule has 0 radical (unpaired) electrons. The van der Waals surface area contributed by atoms with Crippen molar-refractivity contribution in [2.45, 2.75) is 33.6 Å². The van der Waals surface area contributed by atoms with E-state index in [9.17, 15) is 5.11 Å². The molecule has 0 amide bonds. The zero-order valence-electron chi connectivity index (χ0n) is 18.6. The van der Waals surface area contributed by atoms with Crippen LogP contribution in [0, 0.1) is 10.8 Å². The van der Waals surface area contributed by atoms with E-state index in [4.69, 9.17) is 9.47 Å². The summed E-state index contributed by atoms with van der Waals surface area (Å²) in [5.41, 5.74) is 4.16. The van der Waals surface area contributed by atoms with E-state index >= 15 is 0 Å². The Hall–Kier alpha value is -2.16. The molecule has 0 atom stereocenters. The van der Waals surface area contributed by atoms with E-state index in [2.05, 4.69) is 59.1 Å². The summed E-state index contributed by atoms with van der Waals surface area (Å²) in [4.78, 5) is 4.39. The van der Waals surface area contributed by atoms with E-state index in [1.807, 2.05) is 20.3 Å². The van der Waals surface area contributed by atoms with Crippen LogP contribution in [0.5, 0.6) is 0 Å². The fourth-order valence-electron chi connectivity index (χ4n) is 3.96. The number of nitrogens with zero attached hydrogens (tertiary/aromatic N) is 5. The normalized spacial score (nSPS) is 20.8. The molecule has 4 rings (SSSR count). The largest absolute Gasteiger partial charge is 0.396 e. The minimum Gasteiger partial charge on any atom is -0.396 e. The topological polar surface area (TPSA) is 75.9 Å². The summed E-state index contributed by atoms with van der Waals surface area (Å²) in [6.45, 7) is 10.2. The third-order valence-electron chi connectivity index (χ3n) is 5.83. The molecule has 0 saturated carbocycles. The number of hydrogen-bond acceptors (Lipinski definition) is 7. The second-order valence-electron chi connectivity index (χ2n) is 9.96. The van der Waals surface area contributed by atoms with Crippen LogP contribution in [0.2, 0.25) is 0 Å². The lowest BCUT2D eigenvalue weighted by Crippen LogP contribution is -2.56. The highest BCUT2D eigenvalue weighted by Crippen LogP contribution is 2.38. The summed E-state index contributed by atoms with van der Waals surface area (Å²) in [5.74, 6) is 0. The third kappa shape index (κ3) is 4.31. The number of ether oxygens (including phenoxy) is 2. The smallest absolute Gasteiger partial charge is 0.177 e. The van der Waals surface area contributed by atoms with Crippen LogP contribution in [0.3, 0.4) is 0 Å². The van der Waals surface area contributed by atoms with Crippen LogP contribution in [0.15, 0.2) is 24.4 Å². The summed E-state index contributed by atoms with van der Waals surface area (Å²) < 4.78 is 13.4. The Bertz CT molecular complexity index is 879. The maximum Gasteiger partial charge on any atom is 0.177 e. The van der Waals surface area contributed by atoms with Crippen molar-refractivity contribution in [3.05, 3.63) is 24.4 Å². The Morgan fingerprint density at radius 3 is 2.50 bits per heavy atom. The first-order chi connectivity index (χ1) is 14.2. The van der Waals surface area contributed by atoms with Gasteiger partial charge in [-0.25, -0.2) is 4.68 Å². The van der Waals surface area contributed by atoms with Crippen molar-refractivity contribution >= 4 is 11.4 Å². The molecule has 2 saturated heterocycles. The van der Waals surface area contributed by atoms with Gasteiger partial charge in [-0.2, -0.15) is 0 Å². The molecule has 1 aromatic carbocycles. The number of anilines is 2. The van der Waals surface area contributed by atoms with Gasteiger partial charge in [0.25, 0.3) is 0 Å². The van der Waals surface area contributed by atoms with Gasteiger partial charge >= 0.3 is 0 Å². The van der Waals surface area contributed by atoms with Gasteiger partial charge in [0.1, 0.15) is 5.69 Å². The van der Waals surface area contributed by atoms with Gasteiger partial charge in [0, 0.05) is 55.0 Å². The van der Waals surface area contributed by atoms with Crippen molar-refractivity contribution in [2.75, 3.05) is 56.8 Å². The molecule has 0 unspecified atom stereocenters. The maximum atomic E-state index is 9.52. The summed E-state index contributed by atoms with van der Waals surface area (Å²) in [6, 6.07) is 6.40. The van der Waals surface area contributed by atoms with Crippen molar-refractivity contribution < 1.29 is 14.6 Å². The second kappa shape index (κ2) is 7.83. The molecule has 0 spiro atoms. The van der Waals surface area contributed by atoms with E-state index in [1.54, 1.807) is 4.68 Å². The minimum atomic E-state index is -0.296. The van der Waals surface area contributed by atoms with Crippen LogP contribution in [0.25, 0.3) is 11.3 Å². The minimum absolute atomic E-state index is 0.00186. The van der Waals surface area contributed by atoms with Crippen molar-refractivity contribution in [3.63, 3.8) is 0 Å². The molecule has 0 aliphatic carbocycles. The average Bonchev–Trinajstić information content (AvgIpc) is 3.15. The lowest BCUT2D eigenvalue weighted by atomic mass is 9.82. The standard InChI is InChI=1S/C22H33N5O3/c1-21(2)14-29-20(30-15-21)10-27-9-18(23-24-27)17-7-6-16(8-19(17)25(4)5)26-11-22(3,12-26)13-28/h6-9,20,28H,10-15H2,1-5H3. The SMILES string of the molecule is CN(C)c1cc(N2CC(C)(CO)C2)ccc1-c1cn(CC2OCC(C)(C)CO2)nn1. The molecule has 1 aromatic heterocycles. The number of aliphatic hydroxyl groups is 1. The fraction of sp³-hybridized carbons (Fsp3) is 0.636. The predicted octanol–water partition coefficient (Wildman–Crippen LogP) is 2.23. The van der Waals surface area contributed by atoms with Gasteiger partial charge in [-0.3, -0.25) is 0 Å². The number of aliphatic hydroxyl groups excluding tert-OH is 1.